The first-order chi connectivity index (χ1) is 16.8. The molecule has 0 aliphatic heterocycles. The van der Waals surface area contributed by atoms with Gasteiger partial charge in [-0.1, -0.05) is 36.4 Å². The third-order valence-corrected chi connectivity index (χ3v) is 6.77. The first-order valence-corrected chi connectivity index (χ1v) is 11.5. The van der Waals surface area contributed by atoms with Crippen LogP contribution >= 0.6 is 0 Å². The van der Waals surface area contributed by atoms with Gasteiger partial charge in [0.15, 0.2) is 5.82 Å². The Balaban J connectivity index is 2.03. The molecule has 2 unspecified atom stereocenters. The number of hydrogen-bond donors (Lipinski definition) is 2. The second kappa shape index (κ2) is 9.76. The van der Waals surface area contributed by atoms with Crippen molar-refractivity contribution < 1.29 is 14.1 Å². The lowest BCUT2D eigenvalue weighted by Gasteiger charge is -2.36. The first kappa shape index (κ1) is 24.2. The van der Waals surface area contributed by atoms with E-state index in [-0.39, 0.29) is 18.1 Å². The zero-order chi connectivity index (χ0) is 25.2. The van der Waals surface area contributed by atoms with Crippen LogP contribution in [0.25, 0.3) is 0 Å². The summed E-state index contributed by atoms with van der Waals surface area (Å²) in [4.78, 5) is 45.7. The van der Waals surface area contributed by atoms with Gasteiger partial charge in [-0.15, -0.1) is 0 Å². The molecule has 3 atom stereocenters. The zero-order valence-electron chi connectivity index (χ0n) is 19.9. The molecule has 0 saturated carbocycles. The van der Waals surface area contributed by atoms with E-state index in [1.807, 2.05) is 57.2 Å². The Labute approximate surface area is 202 Å². The maximum absolute atomic E-state index is 12.1. The average Bonchev–Trinajstić information content (AvgIpc) is 3.22. The molecule has 3 N–H and O–H groups in total. The topological polar surface area (TPSA) is 144 Å². The number of aromatic amines is 1. The third-order valence-electron chi connectivity index (χ3n) is 6.77. The van der Waals surface area contributed by atoms with Gasteiger partial charge in [0.25, 0.3) is 0 Å². The molecule has 0 fully saturated rings. The summed E-state index contributed by atoms with van der Waals surface area (Å²) in [6.45, 7) is 5.59. The van der Waals surface area contributed by atoms with E-state index in [2.05, 4.69) is 20.1 Å². The Hall–Kier alpha value is -3.90. The number of nitrogens with zero attached hydrogens (tertiary/aromatic N) is 3. The highest BCUT2D eigenvalue weighted by molar-refractivity contribution is 5.56. The van der Waals surface area contributed by atoms with Gasteiger partial charge in [0.2, 0.25) is 12.2 Å². The van der Waals surface area contributed by atoms with Crippen molar-refractivity contribution >= 4 is 12.2 Å². The van der Waals surface area contributed by atoms with E-state index in [1.165, 1.54) is 0 Å². The molecule has 1 aliphatic rings. The van der Waals surface area contributed by atoms with E-state index in [4.69, 9.17) is 10.3 Å². The number of benzene rings is 2. The number of aromatic nitrogens is 2. The Morgan fingerprint density at radius 1 is 1.00 bits per heavy atom. The molecule has 0 spiro atoms. The van der Waals surface area contributed by atoms with Gasteiger partial charge in [0, 0.05) is 6.04 Å². The van der Waals surface area contributed by atoms with Gasteiger partial charge in [-0.05, 0) is 73.4 Å². The minimum atomic E-state index is -0.882. The molecule has 35 heavy (non-hydrogen) atoms. The average molecular weight is 474 g/mol. The standard InChI is InChI=1S/C26H27N5O4/c1-15(27)12-26(24-30-25(34)35-31-24)22-8-6-18(16(2)28-13-32)10-20(22)4-5-21-11-19(7-9-23(21)26)17(3)29-14-33/h6-11,15-17H,4-5,12,27H2,1-3H3,(H,30,31,34)/t15-,16?,17?,26?/m1/s1. The number of aryl methyl sites for hydroxylation is 2. The maximum atomic E-state index is 12.1. The molecule has 3 aromatic rings. The fourth-order valence-corrected chi connectivity index (χ4v) is 5.18. The molecule has 9 nitrogen and oxygen atoms in total. The highest BCUT2D eigenvalue weighted by atomic mass is 16.5. The minimum Gasteiger partial charge on any atom is -0.328 e. The van der Waals surface area contributed by atoms with Crippen molar-refractivity contribution in [2.75, 3.05) is 0 Å². The number of aliphatic imine (C=N–C) groups is 2. The Morgan fingerprint density at radius 2 is 1.51 bits per heavy atom. The summed E-state index contributed by atoms with van der Waals surface area (Å²) in [6.07, 6.45) is 5.12. The summed E-state index contributed by atoms with van der Waals surface area (Å²) in [5.74, 6) is -0.338. The molecular weight excluding hydrogens is 446 g/mol. The van der Waals surface area contributed by atoms with Crippen molar-refractivity contribution in [3.63, 3.8) is 0 Å². The predicted molar refractivity (Wildman–Crippen MR) is 129 cm³/mol. The lowest BCUT2D eigenvalue weighted by Crippen LogP contribution is -2.38. The van der Waals surface area contributed by atoms with Gasteiger partial charge in [-0.25, -0.2) is 19.5 Å². The van der Waals surface area contributed by atoms with Crippen LogP contribution in [0.3, 0.4) is 0 Å². The molecular formula is C26H27N5O4. The van der Waals surface area contributed by atoms with Crippen LogP contribution in [0.1, 0.15) is 78.5 Å². The molecule has 9 heteroatoms. The highest BCUT2D eigenvalue weighted by Crippen LogP contribution is 2.47. The summed E-state index contributed by atoms with van der Waals surface area (Å²) in [5, 5.41) is 2.75. The summed E-state index contributed by atoms with van der Waals surface area (Å²) >= 11 is 0. The molecule has 180 valence electrons. The van der Waals surface area contributed by atoms with Crippen molar-refractivity contribution in [3.8, 4) is 0 Å². The highest BCUT2D eigenvalue weighted by Gasteiger charge is 2.45. The van der Waals surface area contributed by atoms with Crippen molar-refractivity contribution in [1.29, 1.82) is 0 Å². The summed E-state index contributed by atoms with van der Waals surface area (Å²) in [6, 6.07) is 11.0. The molecule has 0 saturated heterocycles. The largest absolute Gasteiger partial charge is 0.459 e. The molecule has 1 aromatic heterocycles. The SMILES string of the molecule is CC(N=C=O)c1ccc2c(c1)CCc1cc(C(C)N=C=O)ccc1C2(C[C@@H](C)N)c1nc(=O)o[nH]1. The molecule has 4 rings (SSSR count). The van der Waals surface area contributed by atoms with Crippen LogP contribution < -0.4 is 11.5 Å². The second-order valence-electron chi connectivity index (χ2n) is 9.14. The molecule has 2 aromatic carbocycles. The molecule has 1 heterocycles. The Bertz CT molecular complexity index is 1320. The van der Waals surface area contributed by atoms with Crippen LogP contribution in [0.15, 0.2) is 55.7 Å². The van der Waals surface area contributed by atoms with E-state index in [9.17, 15) is 14.4 Å². The monoisotopic (exact) mass is 473 g/mol. The lowest BCUT2D eigenvalue weighted by atomic mass is 9.67. The van der Waals surface area contributed by atoms with E-state index in [1.54, 1.807) is 12.2 Å². The van der Waals surface area contributed by atoms with E-state index in [0.717, 1.165) is 33.4 Å². The van der Waals surface area contributed by atoms with E-state index >= 15 is 0 Å². The fourth-order valence-electron chi connectivity index (χ4n) is 5.18. The van der Waals surface area contributed by atoms with Crippen LogP contribution in [0.2, 0.25) is 0 Å². The Kier molecular flexibility index (Phi) is 6.76. The molecule has 0 amide bonds. The maximum Gasteiger partial charge on any atom is 0.459 e. The van der Waals surface area contributed by atoms with Gasteiger partial charge in [-0.2, -0.15) is 15.0 Å². The van der Waals surface area contributed by atoms with Crippen molar-refractivity contribution in [1.82, 2.24) is 10.1 Å². The van der Waals surface area contributed by atoms with Crippen molar-refractivity contribution in [2.24, 2.45) is 15.7 Å². The van der Waals surface area contributed by atoms with E-state index < -0.39 is 11.2 Å². The number of fused-ring (bicyclic) bond motifs is 2. The van der Waals surface area contributed by atoms with Crippen LogP contribution in [-0.2, 0) is 27.8 Å². The minimum absolute atomic E-state index is 0.245. The zero-order valence-corrected chi connectivity index (χ0v) is 19.9. The number of rotatable bonds is 7. The van der Waals surface area contributed by atoms with Gasteiger partial charge in [0.05, 0.1) is 17.5 Å². The fraction of sp³-hybridized carbons (Fsp3) is 0.385. The van der Waals surface area contributed by atoms with Gasteiger partial charge >= 0.3 is 5.76 Å². The number of isocyanates is 2. The quantitative estimate of drug-likeness (QED) is 0.398. The van der Waals surface area contributed by atoms with Crippen LogP contribution in [0, 0.1) is 0 Å². The van der Waals surface area contributed by atoms with Gasteiger partial charge in [0.1, 0.15) is 0 Å². The smallest absolute Gasteiger partial charge is 0.328 e. The number of nitrogens with two attached hydrogens (primary N) is 1. The predicted octanol–water partition coefficient (Wildman–Crippen LogP) is 3.33. The number of nitrogens with one attached hydrogen (secondary N) is 1. The van der Waals surface area contributed by atoms with Crippen LogP contribution in [-0.4, -0.2) is 28.3 Å². The third kappa shape index (κ3) is 4.45. The Morgan fingerprint density at radius 3 is 1.91 bits per heavy atom. The molecule has 0 radical (unpaired) electrons. The van der Waals surface area contributed by atoms with Crippen molar-refractivity contribution in [3.05, 3.63) is 86.2 Å². The van der Waals surface area contributed by atoms with Crippen molar-refractivity contribution in [2.45, 2.75) is 63.6 Å². The number of H-pyrrole nitrogens is 1. The van der Waals surface area contributed by atoms with E-state index in [0.29, 0.717) is 25.1 Å². The van der Waals surface area contributed by atoms with Crippen LogP contribution in [0.4, 0.5) is 0 Å². The molecule has 0 bridgehead atoms. The normalized spacial score (nSPS) is 19.2. The van der Waals surface area contributed by atoms with Gasteiger partial charge in [-0.3, -0.25) is 0 Å². The first-order valence-electron chi connectivity index (χ1n) is 11.5. The second-order valence-corrected chi connectivity index (χ2v) is 9.14. The summed E-state index contributed by atoms with van der Waals surface area (Å²) < 4.78 is 5.03. The summed E-state index contributed by atoms with van der Waals surface area (Å²) in [5.41, 5.74) is 11.3. The number of hydrogen-bond acceptors (Lipinski definition) is 8. The molecule has 1 aliphatic carbocycles. The number of carbonyl (C=O) groups excluding carboxylic acids is 2. The lowest BCUT2D eigenvalue weighted by molar-refractivity contribution is 0.366. The summed E-state index contributed by atoms with van der Waals surface area (Å²) in [7, 11) is 0. The van der Waals surface area contributed by atoms with Crippen LogP contribution in [0.5, 0.6) is 0 Å². The van der Waals surface area contributed by atoms with Gasteiger partial charge < -0.3 is 10.3 Å².